The van der Waals surface area contributed by atoms with E-state index in [9.17, 15) is 4.39 Å². The molecule has 0 aliphatic heterocycles. The fourth-order valence-electron chi connectivity index (χ4n) is 1.45. The van der Waals surface area contributed by atoms with E-state index in [2.05, 4.69) is 4.98 Å². The van der Waals surface area contributed by atoms with E-state index in [0.717, 1.165) is 5.39 Å². The molecule has 0 aliphatic carbocycles. The van der Waals surface area contributed by atoms with Crippen molar-refractivity contribution in [3.05, 3.63) is 35.6 Å². The van der Waals surface area contributed by atoms with Crippen molar-refractivity contribution < 1.29 is 9.13 Å². The first kappa shape index (κ1) is 10.4. The summed E-state index contributed by atoms with van der Waals surface area (Å²) in [6, 6.07) is 7.90. The summed E-state index contributed by atoms with van der Waals surface area (Å²) in [5.74, 6) is -0.102. The standard InChI is InChI=1S/C12H9FN2O/c1-2-16-12-9(7-14)5-8-3-4-10(13)6-11(8)15-12/h3-6H,2H2,1H3. The molecule has 0 atom stereocenters. The van der Waals surface area contributed by atoms with Gasteiger partial charge in [-0.1, -0.05) is 0 Å². The van der Waals surface area contributed by atoms with Gasteiger partial charge in [-0.3, -0.25) is 0 Å². The Morgan fingerprint density at radius 1 is 1.44 bits per heavy atom. The van der Waals surface area contributed by atoms with Crippen LogP contribution in [0.25, 0.3) is 10.9 Å². The largest absolute Gasteiger partial charge is 0.477 e. The normalized spacial score (nSPS) is 10.1. The molecular weight excluding hydrogens is 207 g/mol. The molecule has 0 aliphatic rings. The van der Waals surface area contributed by atoms with E-state index in [1.807, 2.05) is 6.07 Å². The van der Waals surface area contributed by atoms with Gasteiger partial charge in [-0.15, -0.1) is 0 Å². The number of fused-ring (bicyclic) bond motifs is 1. The Balaban J connectivity index is 2.66. The first-order chi connectivity index (χ1) is 7.74. The average molecular weight is 216 g/mol. The van der Waals surface area contributed by atoms with Gasteiger partial charge in [0.05, 0.1) is 12.1 Å². The molecule has 0 radical (unpaired) electrons. The summed E-state index contributed by atoms with van der Waals surface area (Å²) < 4.78 is 18.2. The lowest BCUT2D eigenvalue weighted by molar-refractivity contribution is 0.327. The third kappa shape index (κ3) is 1.80. The van der Waals surface area contributed by atoms with E-state index < -0.39 is 0 Å². The zero-order valence-electron chi connectivity index (χ0n) is 8.70. The molecule has 0 amide bonds. The van der Waals surface area contributed by atoms with Gasteiger partial charge in [0.1, 0.15) is 17.4 Å². The molecule has 2 rings (SSSR count). The molecule has 3 nitrogen and oxygen atoms in total. The van der Waals surface area contributed by atoms with Gasteiger partial charge in [0.2, 0.25) is 5.88 Å². The topological polar surface area (TPSA) is 45.9 Å². The molecule has 1 aromatic heterocycles. The van der Waals surface area contributed by atoms with Crippen LogP contribution in [-0.4, -0.2) is 11.6 Å². The van der Waals surface area contributed by atoms with Gasteiger partial charge >= 0.3 is 0 Å². The summed E-state index contributed by atoms with van der Waals surface area (Å²) in [6.45, 7) is 2.22. The molecule has 0 saturated heterocycles. The fourth-order valence-corrected chi connectivity index (χ4v) is 1.45. The highest BCUT2D eigenvalue weighted by atomic mass is 19.1. The van der Waals surface area contributed by atoms with Crippen molar-refractivity contribution in [2.24, 2.45) is 0 Å². The van der Waals surface area contributed by atoms with Crippen molar-refractivity contribution in [2.45, 2.75) is 6.92 Å². The number of benzene rings is 1. The molecule has 1 aromatic carbocycles. The Morgan fingerprint density at radius 3 is 2.94 bits per heavy atom. The molecule has 0 bridgehead atoms. The van der Waals surface area contributed by atoms with Gasteiger partial charge < -0.3 is 4.74 Å². The lowest BCUT2D eigenvalue weighted by Crippen LogP contribution is -1.98. The Morgan fingerprint density at radius 2 is 2.25 bits per heavy atom. The smallest absolute Gasteiger partial charge is 0.232 e. The molecule has 16 heavy (non-hydrogen) atoms. The van der Waals surface area contributed by atoms with Crippen LogP contribution in [-0.2, 0) is 0 Å². The minimum Gasteiger partial charge on any atom is -0.477 e. The van der Waals surface area contributed by atoms with Gasteiger partial charge in [0.25, 0.3) is 0 Å². The van der Waals surface area contributed by atoms with Crippen LogP contribution in [0, 0.1) is 17.1 Å². The van der Waals surface area contributed by atoms with Gasteiger partial charge in [0.15, 0.2) is 0 Å². The van der Waals surface area contributed by atoms with Gasteiger partial charge in [-0.2, -0.15) is 5.26 Å². The summed E-state index contributed by atoms with van der Waals surface area (Å²) in [5, 5.41) is 9.64. The van der Waals surface area contributed by atoms with Gasteiger partial charge in [-0.25, -0.2) is 9.37 Å². The maximum Gasteiger partial charge on any atom is 0.232 e. The monoisotopic (exact) mass is 216 g/mol. The van der Waals surface area contributed by atoms with Crippen LogP contribution in [0.5, 0.6) is 5.88 Å². The zero-order chi connectivity index (χ0) is 11.5. The summed E-state index contributed by atoms with van der Waals surface area (Å²) in [4.78, 5) is 4.11. The number of nitriles is 1. The molecule has 80 valence electrons. The second-order valence-corrected chi connectivity index (χ2v) is 3.22. The molecule has 4 heteroatoms. The molecule has 1 heterocycles. The molecule has 0 N–H and O–H groups in total. The lowest BCUT2D eigenvalue weighted by atomic mass is 10.1. The predicted octanol–water partition coefficient (Wildman–Crippen LogP) is 2.64. The Bertz CT molecular complexity index is 575. The van der Waals surface area contributed by atoms with Crippen LogP contribution in [0.1, 0.15) is 12.5 Å². The van der Waals surface area contributed by atoms with E-state index in [-0.39, 0.29) is 11.7 Å². The highest BCUT2D eigenvalue weighted by Crippen LogP contribution is 2.22. The maximum absolute atomic E-state index is 13.0. The summed E-state index contributed by atoms with van der Waals surface area (Å²) in [5.41, 5.74) is 0.850. The van der Waals surface area contributed by atoms with Crippen LogP contribution in [0.2, 0.25) is 0 Å². The van der Waals surface area contributed by atoms with E-state index in [0.29, 0.717) is 17.7 Å². The first-order valence-electron chi connectivity index (χ1n) is 4.88. The molecule has 0 spiro atoms. The number of hydrogen-bond donors (Lipinski definition) is 0. The summed E-state index contributed by atoms with van der Waals surface area (Å²) in [7, 11) is 0. The van der Waals surface area contributed by atoms with Crippen molar-refractivity contribution >= 4 is 10.9 Å². The summed E-state index contributed by atoms with van der Waals surface area (Å²) >= 11 is 0. The number of rotatable bonds is 2. The highest BCUT2D eigenvalue weighted by molar-refractivity contribution is 5.81. The van der Waals surface area contributed by atoms with E-state index in [1.54, 1.807) is 19.1 Å². The molecule has 0 saturated carbocycles. The molecule has 2 aromatic rings. The van der Waals surface area contributed by atoms with Crippen LogP contribution >= 0.6 is 0 Å². The second-order valence-electron chi connectivity index (χ2n) is 3.22. The zero-order valence-corrected chi connectivity index (χ0v) is 8.70. The highest BCUT2D eigenvalue weighted by Gasteiger charge is 2.07. The van der Waals surface area contributed by atoms with E-state index in [1.165, 1.54) is 12.1 Å². The first-order valence-corrected chi connectivity index (χ1v) is 4.88. The summed E-state index contributed by atoms with van der Waals surface area (Å²) in [6.07, 6.45) is 0. The van der Waals surface area contributed by atoms with E-state index in [4.69, 9.17) is 10.00 Å². The Labute approximate surface area is 92.1 Å². The molecule has 0 fully saturated rings. The van der Waals surface area contributed by atoms with Crippen molar-refractivity contribution in [1.82, 2.24) is 4.98 Å². The van der Waals surface area contributed by atoms with Crippen LogP contribution in [0.15, 0.2) is 24.3 Å². The minimum atomic E-state index is -0.354. The van der Waals surface area contributed by atoms with Crippen molar-refractivity contribution in [3.63, 3.8) is 0 Å². The number of aromatic nitrogens is 1. The van der Waals surface area contributed by atoms with Gasteiger partial charge in [0, 0.05) is 11.5 Å². The quantitative estimate of drug-likeness (QED) is 0.775. The van der Waals surface area contributed by atoms with Crippen LogP contribution in [0.3, 0.4) is 0 Å². The number of nitrogens with zero attached hydrogens (tertiary/aromatic N) is 2. The number of ether oxygens (including phenoxy) is 1. The lowest BCUT2D eigenvalue weighted by Gasteiger charge is -2.05. The van der Waals surface area contributed by atoms with Crippen molar-refractivity contribution in [1.29, 1.82) is 5.26 Å². The van der Waals surface area contributed by atoms with Crippen molar-refractivity contribution in [2.75, 3.05) is 6.61 Å². The van der Waals surface area contributed by atoms with Crippen LogP contribution < -0.4 is 4.74 Å². The number of halogens is 1. The predicted molar refractivity (Wildman–Crippen MR) is 57.6 cm³/mol. The van der Waals surface area contributed by atoms with Gasteiger partial charge in [-0.05, 0) is 25.1 Å². The fraction of sp³-hybridized carbons (Fsp3) is 0.167. The SMILES string of the molecule is CCOc1nc2cc(F)ccc2cc1C#N. The molecule has 0 unspecified atom stereocenters. The van der Waals surface area contributed by atoms with E-state index >= 15 is 0 Å². The number of pyridine rings is 1. The molecular formula is C12H9FN2O. The minimum absolute atomic E-state index is 0.253. The third-order valence-corrected chi connectivity index (χ3v) is 2.15. The van der Waals surface area contributed by atoms with Crippen LogP contribution in [0.4, 0.5) is 4.39 Å². The van der Waals surface area contributed by atoms with Crippen molar-refractivity contribution in [3.8, 4) is 11.9 Å². The Kier molecular flexibility index (Phi) is 2.69. The Hall–Kier alpha value is -2.15. The maximum atomic E-state index is 13.0. The number of hydrogen-bond acceptors (Lipinski definition) is 3. The second kappa shape index (κ2) is 4.15. The third-order valence-electron chi connectivity index (χ3n) is 2.15. The average Bonchev–Trinajstić information content (AvgIpc) is 2.28.